The Hall–Kier alpha value is -7.04. The van der Waals surface area contributed by atoms with Gasteiger partial charge in [-0.15, -0.1) is 22.1 Å². The summed E-state index contributed by atoms with van der Waals surface area (Å²) in [5.41, 5.74) is 24.4. The van der Waals surface area contributed by atoms with Gasteiger partial charge in [0.15, 0.2) is 0 Å². The number of allylic oxidation sites excluding steroid dienone is 4. The number of unbranched alkanes of at least 4 members (excludes halogenated alkanes) is 15. The number of benzene rings is 3. The normalized spacial score (nSPS) is 14.1. The number of fused-ring (bicyclic) bond motifs is 10. The van der Waals surface area contributed by atoms with Crippen LogP contribution in [0.4, 0.5) is 5.69 Å². The van der Waals surface area contributed by atoms with Crippen molar-refractivity contribution in [3.8, 4) is 22.3 Å². The standard InChI is InChI=1S/C89H115N7O4.Zn/c1-16-21-26-31-36-66-56(6)80-78(60-40-42-64(43-41-60)94-47-44-65(45-48-94)96-86(99)72-52-70-71(53-73(72)87(96)100)85(98)95(84(70)97)46-35-30-25-20-5)81-57(7)67(37-32-27-22-17-2)75(91-81)55-77-69(39-34-29-24-19-4)59(9)83(93-77)79(61-49-62(88(10,11)12)51-63(50-61)89(13,14)15)82-58(8)68(38-33-28-23-18-3)76(92-82)54-74(66)90-80;/h40-43,49-55,65H,16-39,44-48H2,1-15H3;/q-2;+2. The first-order valence-electron chi connectivity index (χ1n) is 39.1. The maximum Gasteiger partial charge on any atom is 2.00 e. The molecule has 5 aromatic heterocycles. The third-order valence-corrected chi connectivity index (χ3v) is 22.6. The van der Waals surface area contributed by atoms with E-state index in [0.29, 0.717) is 32.5 Å². The zero-order chi connectivity index (χ0) is 71.3. The van der Waals surface area contributed by atoms with Gasteiger partial charge in [-0.1, -0.05) is 237 Å². The monoisotopic (exact) mass is 1410 g/mol. The molecule has 0 aliphatic carbocycles. The van der Waals surface area contributed by atoms with Gasteiger partial charge in [0, 0.05) is 31.4 Å². The summed E-state index contributed by atoms with van der Waals surface area (Å²) in [6, 6.07) is 23.8. The number of hydrogen-bond donors (Lipinski definition) is 0. The van der Waals surface area contributed by atoms with Gasteiger partial charge >= 0.3 is 19.5 Å². The van der Waals surface area contributed by atoms with E-state index in [4.69, 9.17) is 19.9 Å². The second-order valence-corrected chi connectivity index (χ2v) is 31.9. The van der Waals surface area contributed by atoms with Crippen LogP contribution in [-0.4, -0.2) is 32.2 Å². The molecule has 0 radical (unpaired) electrons. The molecule has 8 bridgehead atoms. The molecule has 1 fully saturated rings. The molecule has 0 spiro atoms. The smallest absolute Gasteiger partial charge is 0.657 e. The first-order chi connectivity index (χ1) is 48.0. The zero-order valence-electron chi connectivity index (χ0n) is 64.4. The molecular weight excluding hydrogens is 1300 g/mol. The van der Waals surface area contributed by atoms with Crippen LogP contribution in [0.3, 0.4) is 0 Å². The Morgan fingerprint density at radius 1 is 0.446 bits per heavy atom. The van der Waals surface area contributed by atoms with Crippen molar-refractivity contribution in [1.29, 1.82) is 0 Å². The first kappa shape index (κ1) is 76.6. The predicted octanol–water partition coefficient (Wildman–Crippen LogP) is 21.8. The number of nitrogens with zero attached hydrogens (tertiary/aromatic N) is 7. The first-order valence-corrected chi connectivity index (χ1v) is 39.1. The number of anilines is 1. The molecule has 11 nitrogen and oxygen atoms in total. The van der Waals surface area contributed by atoms with E-state index in [2.05, 4.69) is 163 Å². The Morgan fingerprint density at radius 2 is 0.832 bits per heavy atom. The van der Waals surface area contributed by atoms with Crippen LogP contribution in [0.2, 0.25) is 0 Å². The summed E-state index contributed by atoms with van der Waals surface area (Å²) in [4.78, 5) is 82.1. The summed E-state index contributed by atoms with van der Waals surface area (Å²) >= 11 is 0. The van der Waals surface area contributed by atoms with Gasteiger partial charge in [0.05, 0.1) is 44.3 Å². The van der Waals surface area contributed by atoms with E-state index in [1.807, 2.05) is 0 Å². The number of piperidine rings is 1. The molecule has 11 rings (SSSR count). The second kappa shape index (κ2) is 33.2. The van der Waals surface area contributed by atoms with Gasteiger partial charge < -0.3 is 14.9 Å². The fourth-order valence-corrected chi connectivity index (χ4v) is 16.2. The molecule has 0 amide bonds. The van der Waals surface area contributed by atoms with E-state index in [9.17, 15) is 19.2 Å². The van der Waals surface area contributed by atoms with Crippen LogP contribution in [-0.2, 0) is 49.7 Å². The van der Waals surface area contributed by atoms with Crippen LogP contribution in [0.25, 0.3) is 88.2 Å². The zero-order valence-corrected chi connectivity index (χ0v) is 67.4. The van der Waals surface area contributed by atoms with E-state index in [0.717, 1.165) is 183 Å². The molecule has 101 heavy (non-hydrogen) atoms. The summed E-state index contributed by atoms with van der Waals surface area (Å²) in [6.45, 7) is 36.3. The largest absolute Gasteiger partial charge is 2.00 e. The van der Waals surface area contributed by atoms with E-state index in [-0.39, 0.29) is 80.1 Å². The van der Waals surface area contributed by atoms with Crippen LogP contribution in [0.15, 0.2) is 85.9 Å². The third kappa shape index (κ3) is 16.0. The van der Waals surface area contributed by atoms with Crippen molar-refractivity contribution in [2.75, 3.05) is 18.0 Å². The Kier molecular flexibility index (Phi) is 25.2. The molecule has 1 saturated heterocycles. The minimum absolute atomic E-state index is 0. The molecule has 8 aromatic rings. The van der Waals surface area contributed by atoms with Crippen molar-refractivity contribution in [3.05, 3.63) is 164 Å². The van der Waals surface area contributed by atoms with Crippen LogP contribution in [0, 0.1) is 13.8 Å². The Bertz CT molecular complexity index is 4650. The average molecular weight is 1410 g/mol. The van der Waals surface area contributed by atoms with Crippen molar-refractivity contribution in [2.45, 2.75) is 294 Å². The summed E-state index contributed by atoms with van der Waals surface area (Å²) in [7, 11) is 0. The molecule has 0 unspecified atom stereocenters. The SMILES string of the molecule is CCCCCCC1=C(C)c2nc1cc1[n-]c(c(C)c1CCCCCC)c(-c1ccc(N3CCC(n4c(=O)c5cc6c(=O)n(CCCCCC)c(=O)c6cc5c4=O)CC3)cc1)c1nc(cc3[n-]c(c(C)c3CCCCCC)c2-c2cc(C(C)(C)C)cc(C(C)(C)C)c2)C(CCCCCC)=C1C.[Zn+2]. The van der Waals surface area contributed by atoms with E-state index in [1.165, 1.54) is 121 Å². The predicted molar refractivity (Wildman–Crippen MR) is 424 cm³/mol. The number of rotatable bonds is 29. The van der Waals surface area contributed by atoms with Gasteiger partial charge in [-0.2, -0.15) is 0 Å². The van der Waals surface area contributed by atoms with Gasteiger partial charge in [0.1, 0.15) is 0 Å². The molecule has 0 saturated carbocycles. The third-order valence-electron chi connectivity index (χ3n) is 22.6. The summed E-state index contributed by atoms with van der Waals surface area (Å²) < 4.78 is 2.68. The van der Waals surface area contributed by atoms with Gasteiger partial charge in [-0.3, -0.25) is 28.3 Å². The van der Waals surface area contributed by atoms with Crippen molar-refractivity contribution in [2.24, 2.45) is 0 Å². The van der Waals surface area contributed by atoms with E-state index in [1.54, 1.807) is 0 Å². The van der Waals surface area contributed by atoms with Crippen molar-refractivity contribution < 1.29 is 19.5 Å². The number of aromatic nitrogens is 6. The molecule has 12 heteroatoms. The fraction of sp³-hybridized carbons (Fsp3) is 0.528. The summed E-state index contributed by atoms with van der Waals surface area (Å²) in [5.74, 6) is 0. The van der Waals surface area contributed by atoms with Crippen LogP contribution < -0.4 is 37.1 Å². The molecule has 8 heterocycles. The average Bonchev–Trinajstić information content (AvgIpc) is 1.60. The Balaban J connectivity index is 0.0000110. The number of aryl methyl sites for hydroxylation is 4. The van der Waals surface area contributed by atoms with Crippen LogP contribution in [0.5, 0.6) is 0 Å². The Morgan fingerprint density at radius 3 is 1.24 bits per heavy atom. The topological polar surface area (TPSA) is 135 Å². The minimum atomic E-state index is -0.385. The van der Waals surface area contributed by atoms with Gasteiger partial charge in [0.25, 0.3) is 22.2 Å². The van der Waals surface area contributed by atoms with Gasteiger partial charge in [0.2, 0.25) is 0 Å². The molecule has 3 aliphatic rings. The second-order valence-electron chi connectivity index (χ2n) is 31.9. The summed E-state index contributed by atoms with van der Waals surface area (Å²) in [5, 5.41) is 0.868. The maximum absolute atomic E-state index is 14.3. The van der Waals surface area contributed by atoms with E-state index >= 15 is 0 Å². The van der Waals surface area contributed by atoms with E-state index < -0.39 is 0 Å². The summed E-state index contributed by atoms with van der Waals surface area (Å²) in [6.07, 6.45) is 26.9. The van der Waals surface area contributed by atoms with Crippen LogP contribution >= 0.6 is 0 Å². The molecular formula is C89H115N7O4Zn. The molecule has 3 aliphatic heterocycles. The van der Waals surface area contributed by atoms with Gasteiger partial charge in [-0.05, 0) is 189 Å². The van der Waals surface area contributed by atoms with Crippen molar-refractivity contribution in [1.82, 2.24) is 29.1 Å². The van der Waals surface area contributed by atoms with Crippen molar-refractivity contribution in [3.63, 3.8) is 0 Å². The van der Waals surface area contributed by atoms with Crippen molar-refractivity contribution >= 4 is 71.6 Å². The number of hydrogen-bond acceptors (Lipinski definition) is 7. The maximum atomic E-state index is 14.3. The fourth-order valence-electron chi connectivity index (χ4n) is 16.2. The molecule has 3 aromatic carbocycles. The Labute approximate surface area is 615 Å². The molecule has 0 atom stereocenters. The minimum Gasteiger partial charge on any atom is -0.657 e. The quantitative estimate of drug-likeness (QED) is 0.0332. The molecule has 532 valence electrons. The molecule has 0 N–H and O–H groups in total. The van der Waals surface area contributed by atoms with Crippen LogP contribution in [0.1, 0.15) is 306 Å². The van der Waals surface area contributed by atoms with Gasteiger partial charge in [-0.25, -0.2) is 9.97 Å².